The van der Waals surface area contributed by atoms with Crippen molar-refractivity contribution in [3.63, 3.8) is 0 Å². The molecule has 0 aromatic rings. The highest BCUT2D eigenvalue weighted by molar-refractivity contribution is 8.00. The first-order valence-corrected chi connectivity index (χ1v) is 7.76. The van der Waals surface area contributed by atoms with Gasteiger partial charge in [0.1, 0.15) is 9.84 Å². The van der Waals surface area contributed by atoms with Crippen LogP contribution in [0.2, 0.25) is 0 Å². The lowest BCUT2D eigenvalue weighted by atomic mass is 10.3. The Morgan fingerprint density at radius 3 is 2.36 bits per heavy atom. The number of aliphatic hydroxyl groups excluding tert-OH is 1. The van der Waals surface area contributed by atoms with Crippen LogP contribution in [0.25, 0.3) is 0 Å². The van der Waals surface area contributed by atoms with Crippen LogP contribution >= 0.6 is 11.8 Å². The second-order valence-electron chi connectivity index (χ2n) is 3.41. The molecule has 0 fully saturated rings. The van der Waals surface area contributed by atoms with Crippen LogP contribution in [0, 0.1) is 0 Å². The number of thioether (sulfide) groups is 1. The Balaban J connectivity index is 3.57. The van der Waals surface area contributed by atoms with Crippen LogP contribution in [-0.2, 0) is 9.84 Å². The molecule has 0 rings (SSSR count). The van der Waals surface area contributed by atoms with Crippen LogP contribution in [0.5, 0.6) is 0 Å². The largest absolute Gasteiger partial charge is 0.392 e. The first-order chi connectivity index (χ1) is 6.39. The van der Waals surface area contributed by atoms with Gasteiger partial charge in [0.15, 0.2) is 0 Å². The minimum atomic E-state index is -2.81. The van der Waals surface area contributed by atoms with Crippen LogP contribution in [0.1, 0.15) is 27.2 Å². The minimum Gasteiger partial charge on any atom is -0.392 e. The van der Waals surface area contributed by atoms with Gasteiger partial charge >= 0.3 is 0 Å². The third-order valence-electron chi connectivity index (χ3n) is 2.10. The quantitative estimate of drug-likeness (QED) is 0.682. The van der Waals surface area contributed by atoms with Gasteiger partial charge in [0.25, 0.3) is 0 Å². The van der Waals surface area contributed by atoms with E-state index in [9.17, 15) is 13.5 Å². The average molecular weight is 240 g/mol. The summed E-state index contributed by atoms with van der Waals surface area (Å²) in [7, 11) is -2.81. The van der Waals surface area contributed by atoms with E-state index in [0.717, 1.165) is 5.75 Å². The number of hydrogen-bond donors (Lipinski definition) is 1. The molecule has 0 aliphatic carbocycles. The smallest absolute Gasteiger partial charge is 0.150 e. The van der Waals surface area contributed by atoms with Crippen LogP contribution in [-0.4, -0.2) is 42.1 Å². The highest BCUT2D eigenvalue weighted by atomic mass is 32.2. The molecule has 2 atom stereocenters. The summed E-state index contributed by atoms with van der Waals surface area (Å²) in [5.74, 6) is 1.29. The predicted octanol–water partition coefficient (Wildman–Crippen LogP) is 1.31. The fourth-order valence-electron chi connectivity index (χ4n) is 0.832. The lowest BCUT2D eigenvalue weighted by Gasteiger charge is -2.13. The molecule has 0 heterocycles. The Morgan fingerprint density at radius 1 is 1.36 bits per heavy atom. The van der Waals surface area contributed by atoms with E-state index in [0.29, 0.717) is 6.42 Å². The summed E-state index contributed by atoms with van der Waals surface area (Å²) < 4.78 is 22.2. The van der Waals surface area contributed by atoms with Gasteiger partial charge in [-0.1, -0.05) is 13.8 Å². The molecular formula is C9H20O3S2. The molecule has 3 nitrogen and oxygen atoms in total. The van der Waals surface area contributed by atoms with Crippen LogP contribution in [0.3, 0.4) is 0 Å². The topological polar surface area (TPSA) is 54.4 Å². The van der Waals surface area contributed by atoms with E-state index >= 15 is 0 Å². The Morgan fingerprint density at radius 2 is 1.93 bits per heavy atom. The van der Waals surface area contributed by atoms with Crippen molar-refractivity contribution in [1.29, 1.82) is 0 Å². The first kappa shape index (κ1) is 14.3. The molecule has 0 aliphatic heterocycles. The SMILES string of the molecule is CCS(=O)(=O)CCCSC(C)C(C)O. The van der Waals surface area contributed by atoms with Gasteiger partial charge in [-0.3, -0.25) is 0 Å². The Labute approximate surface area is 91.2 Å². The average Bonchev–Trinajstić information content (AvgIpc) is 2.12. The van der Waals surface area contributed by atoms with Gasteiger partial charge in [-0.2, -0.15) is 11.8 Å². The normalized spacial score (nSPS) is 16.6. The maximum atomic E-state index is 11.1. The number of sulfone groups is 1. The molecule has 0 aromatic heterocycles. The summed E-state index contributed by atoms with van der Waals surface area (Å²) in [6.07, 6.45) is 0.348. The van der Waals surface area contributed by atoms with E-state index in [-0.39, 0.29) is 22.9 Å². The molecule has 14 heavy (non-hydrogen) atoms. The molecule has 0 aliphatic rings. The Bertz CT molecular complexity index is 234. The van der Waals surface area contributed by atoms with Gasteiger partial charge in [0.05, 0.1) is 11.9 Å². The van der Waals surface area contributed by atoms with Crippen molar-refractivity contribution in [3.05, 3.63) is 0 Å². The second kappa shape index (κ2) is 6.69. The van der Waals surface area contributed by atoms with Gasteiger partial charge in [0.2, 0.25) is 0 Å². The van der Waals surface area contributed by atoms with Crippen molar-refractivity contribution in [2.24, 2.45) is 0 Å². The highest BCUT2D eigenvalue weighted by Gasteiger charge is 2.10. The molecule has 0 saturated carbocycles. The molecule has 0 spiro atoms. The molecule has 1 N–H and O–H groups in total. The molecule has 2 unspecified atom stereocenters. The molecule has 0 radical (unpaired) electrons. The fraction of sp³-hybridized carbons (Fsp3) is 1.00. The van der Waals surface area contributed by atoms with E-state index < -0.39 is 9.84 Å². The van der Waals surface area contributed by atoms with Crippen molar-refractivity contribution in [1.82, 2.24) is 0 Å². The lowest BCUT2D eigenvalue weighted by molar-refractivity contribution is 0.196. The monoisotopic (exact) mass is 240 g/mol. The molecular weight excluding hydrogens is 220 g/mol. The summed E-state index contributed by atoms with van der Waals surface area (Å²) >= 11 is 1.62. The zero-order chi connectivity index (χ0) is 11.2. The van der Waals surface area contributed by atoms with Crippen molar-refractivity contribution in [3.8, 4) is 0 Å². The van der Waals surface area contributed by atoms with Gasteiger partial charge < -0.3 is 5.11 Å². The maximum absolute atomic E-state index is 11.1. The van der Waals surface area contributed by atoms with Crippen LogP contribution < -0.4 is 0 Å². The predicted molar refractivity (Wildman–Crippen MR) is 62.5 cm³/mol. The standard InChI is InChI=1S/C9H20O3S2/c1-4-14(11,12)7-5-6-13-9(3)8(2)10/h8-10H,4-7H2,1-3H3. The van der Waals surface area contributed by atoms with E-state index in [1.165, 1.54) is 0 Å². The summed E-state index contributed by atoms with van der Waals surface area (Å²) in [6.45, 7) is 5.37. The van der Waals surface area contributed by atoms with Gasteiger partial charge in [-0.25, -0.2) is 8.42 Å². The Hall–Kier alpha value is 0.260. The van der Waals surface area contributed by atoms with Crippen molar-refractivity contribution in [2.75, 3.05) is 17.3 Å². The summed E-state index contributed by atoms with van der Waals surface area (Å²) in [6, 6.07) is 0. The molecule has 86 valence electrons. The number of rotatable bonds is 7. The summed E-state index contributed by atoms with van der Waals surface area (Å²) in [4.78, 5) is 0. The molecule has 0 amide bonds. The van der Waals surface area contributed by atoms with Crippen LogP contribution in [0.15, 0.2) is 0 Å². The third-order valence-corrected chi connectivity index (χ3v) is 5.33. The Kier molecular flexibility index (Phi) is 6.81. The highest BCUT2D eigenvalue weighted by Crippen LogP contribution is 2.15. The molecule has 0 saturated heterocycles. The van der Waals surface area contributed by atoms with Gasteiger partial charge in [0, 0.05) is 11.0 Å². The first-order valence-electron chi connectivity index (χ1n) is 4.89. The van der Waals surface area contributed by atoms with E-state index in [1.54, 1.807) is 25.6 Å². The zero-order valence-electron chi connectivity index (χ0n) is 9.06. The molecule has 5 heteroatoms. The van der Waals surface area contributed by atoms with Crippen molar-refractivity contribution < 1.29 is 13.5 Å². The third kappa shape index (κ3) is 6.68. The lowest BCUT2D eigenvalue weighted by Crippen LogP contribution is -2.16. The van der Waals surface area contributed by atoms with E-state index in [1.807, 2.05) is 6.92 Å². The van der Waals surface area contributed by atoms with E-state index in [4.69, 9.17) is 0 Å². The minimum absolute atomic E-state index is 0.180. The van der Waals surface area contributed by atoms with E-state index in [2.05, 4.69) is 0 Å². The fourth-order valence-corrected chi connectivity index (χ4v) is 2.85. The number of hydrogen-bond acceptors (Lipinski definition) is 4. The second-order valence-corrected chi connectivity index (χ2v) is 7.36. The molecule has 0 bridgehead atoms. The van der Waals surface area contributed by atoms with Crippen LogP contribution in [0.4, 0.5) is 0 Å². The molecule has 0 aromatic carbocycles. The van der Waals surface area contributed by atoms with Gasteiger partial charge in [-0.15, -0.1) is 0 Å². The number of aliphatic hydroxyl groups is 1. The van der Waals surface area contributed by atoms with Crippen molar-refractivity contribution >= 4 is 21.6 Å². The maximum Gasteiger partial charge on any atom is 0.150 e. The zero-order valence-corrected chi connectivity index (χ0v) is 10.7. The van der Waals surface area contributed by atoms with Gasteiger partial charge in [-0.05, 0) is 19.1 Å². The van der Waals surface area contributed by atoms with Crippen molar-refractivity contribution in [2.45, 2.75) is 38.5 Å². The summed E-state index contributed by atoms with van der Waals surface area (Å²) in [5, 5.41) is 9.37. The summed E-state index contributed by atoms with van der Waals surface area (Å²) in [5.41, 5.74) is 0.